The third kappa shape index (κ3) is 6.09. The van der Waals surface area contributed by atoms with Gasteiger partial charge in [0.2, 0.25) is 0 Å². The molecule has 1 atom stereocenters. The number of rotatable bonds is 10. The predicted octanol–water partition coefficient (Wildman–Crippen LogP) is 5.47. The molecule has 10 heteroatoms. The molecule has 0 saturated heterocycles. The van der Waals surface area contributed by atoms with Gasteiger partial charge in [-0.1, -0.05) is 47.2 Å². The van der Waals surface area contributed by atoms with Gasteiger partial charge in [-0.15, -0.1) is 0 Å². The van der Waals surface area contributed by atoms with Crippen LogP contribution in [0.15, 0.2) is 81.7 Å². The zero-order valence-corrected chi connectivity index (χ0v) is 26.0. The number of methoxy groups -OCH3 is 2. The topological polar surface area (TPSA) is 88.3 Å². The van der Waals surface area contributed by atoms with E-state index >= 15 is 0 Å². The second-order valence-electron chi connectivity index (χ2n) is 9.77. The van der Waals surface area contributed by atoms with Gasteiger partial charge in [0.25, 0.3) is 5.56 Å². The van der Waals surface area contributed by atoms with Crippen molar-refractivity contribution in [1.82, 2.24) is 4.57 Å². The SMILES string of the molecule is CCOc1cc(/C=c2\sc3n(c2=O)[C@@H](c2ccc(OC)cc2OC)C(C(C)=O)=C(C)N=3)ccc1OCc1ccccc1Cl. The number of ketones is 1. The summed E-state index contributed by atoms with van der Waals surface area (Å²) in [7, 11) is 3.11. The second-order valence-corrected chi connectivity index (χ2v) is 11.2. The van der Waals surface area contributed by atoms with Gasteiger partial charge >= 0.3 is 0 Å². The average molecular weight is 619 g/mol. The number of hydrogen-bond donors (Lipinski definition) is 0. The molecule has 0 N–H and O–H groups in total. The molecule has 3 aromatic carbocycles. The van der Waals surface area contributed by atoms with Gasteiger partial charge in [0.1, 0.15) is 18.1 Å². The molecule has 4 aromatic rings. The predicted molar refractivity (Wildman–Crippen MR) is 167 cm³/mol. The minimum atomic E-state index is -0.712. The summed E-state index contributed by atoms with van der Waals surface area (Å²) in [5.41, 5.74) is 2.99. The van der Waals surface area contributed by atoms with Gasteiger partial charge in [0.05, 0.1) is 31.4 Å². The second kappa shape index (κ2) is 12.9. The van der Waals surface area contributed by atoms with Crippen molar-refractivity contribution in [1.29, 1.82) is 0 Å². The van der Waals surface area contributed by atoms with Crippen LogP contribution in [0.3, 0.4) is 0 Å². The number of carbonyl (C=O) groups excluding carboxylic acids is 1. The van der Waals surface area contributed by atoms with Gasteiger partial charge < -0.3 is 18.9 Å². The van der Waals surface area contributed by atoms with Crippen molar-refractivity contribution >= 4 is 34.8 Å². The molecule has 1 aromatic heterocycles. The summed E-state index contributed by atoms with van der Waals surface area (Å²) in [6, 6.07) is 17.6. The Morgan fingerprint density at radius 2 is 1.81 bits per heavy atom. The first-order valence-corrected chi connectivity index (χ1v) is 14.8. The molecule has 0 saturated carbocycles. The highest BCUT2D eigenvalue weighted by Crippen LogP contribution is 2.37. The van der Waals surface area contributed by atoms with E-state index in [0.717, 1.165) is 11.1 Å². The van der Waals surface area contributed by atoms with E-state index < -0.39 is 6.04 Å². The number of halogens is 1. The molecule has 1 aliphatic heterocycles. The van der Waals surface area contributed by atoms with Crippen molar-refractivity contribution in [3.63, 3.8) is 0 Å². The van der Waals surface area contributed by atoms with Crippen molar-refractivity contribution in [3.05, 3.63) is 113 Å². The van der Waals surface area contributed by atoms with Crippen molar-refractivity contribution in [2.45, 2.75) is 33.4 Å². The van der Waals surface area contributed by atoms with Gasteiger partial charge in [-0.2, -0.15) is 0 Å². The van der Waals surface area contributed by atoms with Crippen LogP contribution in [0.2, 0.25) is 5.02 Å². The number of thiazole rings is 1. The lowest BCUT2D eigenvalue weighted by atomic mass is 9.92. The smallest absolute Gasteiger partial charge is 0.271 e. The molecule has 0 bridgehead atoms. The molecule has 0 amide bonds. The lowest BCUT2D eigenvalue weighted by molar-refractivity contribution is -0.114. The highest BCUT2D eigenvalue weighted by atomic mass is 35.5. The number of nitrogens with zero attached hydrogens (tertiary/aromatic N) is 2. The maximum Gasteiger partial charge on any atom is 0.271 e. The summed E-state index contributed by atoms with van der Waals surface area (Å²) in [5.74, 6) is 2.04. The monoisotopic (exact) mass is 618 g/mol. The van der Waals surface area contributed by atoms with Crippen molar-refractivity contribution in [2.24, 2.45) is 4.99 Å². The number of allylic oxidation sites excluding steroid dienone is 2. The van der Waals surface area contributed by atoms with E-state index in [4.69, 9.17) is 30.5 Å². The molecule has 1 aliphatic rings. The molecule has 0 fully saturated rings. The van der Waals surface area contributed by atoms with Crippen LogP contribution in [0.4, 0.5) is 0 Å². The van der Waals surface area contributed by atoms with Crippen molar-refractivity contribution in [2.75, 3.05) is 20.8 Å². The molecule has 0 radical (unpaired) electrons. The van der Waals surface area contributed by atoms with E-state index in [0.29, 0.717) is 60.8 Å². The van der Waals surface area contributed by atoms with E-state index in [9.17, 15) is 9.59 Å². The number of aromatic nitrogens is 1. The van der Waals surface area contributed by atoms with Gasteiger partial charge in [0, 0.05) is 33.5 Å². The van der Waals surface area contributed by atoms with E-state index in [1.165, 1.54) is 18.3 Å². The number of Topliss-reactive ketones (excluding diaryl/α,β-unsaturated/α-hetero) is 1. The molecule has 5 rings (SSSR count). The first-order valence-electron chi connectivity index (χ1n) is 13.6. The van der Waals surface area contributed by atoms with Crippen molar-refractivity contribution < 1.29 is 23.7 Å². The number of ether oxygens (including phenoxy) is 4. The van der Waals surface area contributed by atoms with E-state index in [-0.39, 0.29) is 17.9 Å². The average Bonchev–Trinajstić information content (AvgIpc) is 3.30. The van der Waals surface area contributed by atoms with Crippen LogP contribution in [-0.4, -0.2) is 31.2 Å². The number of hydrogen-bond acceptors (Lipinski definition) is 8. The summed E-state index contributed by atoms with van der Waals surface area (Å²) in [6.07, 6.45) is 1.79. The maximum absolute atomic E-state index is 14.0. The Balaban J connectivity index is 1.58. The zero-order chi connectivity index (χ0) is 30.7. The summed E-state index contributed by atoms with van der Waals surface area (Å²) in [5, 5.41) is 0.626. The van der Waals surface area contributed by atoms with E-state index in [1.54, 1.807) is 43.9 Å². The fraction of sp³-hybridized carbons (Fsp3) is 0.242. The summed E-state index contributed by atoms with van der Waals surface area (Å²) in [4.78, 5) is 32.0. The number of benzene rings is 3. The fourth-order valence-electron chi connectivity index (χ4n) is 5.03. The Labute approximate surface area is 258 Å². The minimum absolute atomic E-state index is 0.174. The molecule has 43 heavy (non-hydrogen) atoms. The summed E-state index contributed by atoms with van der Waals surface area (Å²) >= 11 is 7.55. The molecular formula is C33H31ClN2O6S. The molecule has 222 valence electrons. The molecule has 8 nitrogen and oxygen atoms in total. The van der Waals surface area contributed by atoms with Gasteiger partial charge in [-0.25, -0.2) is 4.99 Å². The Morgan fingerprint density at radius 1 is 1.02 bits per heavy atom. The van der Waals surface area contributed by atoms with Crippen LogP contribution in [0.5, 0.6) is 23.0 Å². The summed E-state index contributed by atoms with van der Waals surface area (Å²) in [6.45, 7) is 5.88. The van der Waals surface area contributed by atoms with Gasteiger partial charge in [-0.3, -0.25) is 14.2 Å². The maximum atomic E-state index is 14.0. The molecule has 0 spiro atoms. The lowest BCUT2D eigenvalue weighted by Gasteiger charge is -2.26. The highest BCUT2D eigenvalue weighted by Gasteiger charge is 2.32. The Bertz CT molecular complexity index is 1910. The summed E-state index contributed by atoms with van der Waals surface area (Å²) < 4.78 is 25.0. The molecule has 0 aliphatic carbocycles. The van der Waals surface area contributed by atoms with Gasteiger partial charge in [0.15, 0.2) is 22.1 Å². The molecule has 0 unspecified atom stereocenters. The number of fused-ring (bicyclic) bond motifs is 1. The largest absolute Gasteiger partial charge is 0.497 e. The molecule has 2 heterocycles. The number of carbonyl (C=O) groups is 1. The highest BCUT2D eigenvalue weighted by molar-refractivity contribution is 7.07. The normalized spacial score (nSPS) is 14.7. The third-order valence-electron chi connectivity index (χ3n) is 7.04. The van der Waals surface area contributed by atoms with Crippen LogP contribution in [0.1, 0.15) is 43.5 Å². The Morgan fingerprint density at radius 3 is 2.51 bits per heavy atom. The van der Waals surface area contributed by atoms with Gasteiger partial charge in [-0.05, 0) is 62.7 Å². The minimum Gasteiger partial charge on any atom is -0.497 e. The Hall–Kier alpha value is -4.34. The van der Waals surface area contributed by atoms with Crippen LogP contribution >= 0.6 is 22.9 Å². The lowest BCUT2D eigenvalue weighted by Crippen LogP contribution is -2.39. The molecular weight excluding hydrogens is 588 g/mol. The first kappa shape index (κ1) is 30.1. The van der Waals surface area contributed by atoms with Crippen molar-refractivity contribution in [3.8, 4) is 23.0 Å². The van der Waals surface area contributed by atoms with Crippen LogP contribution in [0.25, 0.3) is 6.08 Å². The van der Waals surface area contributed by atoms with Crippen LogP contribution < -0.4 is 33.8 Å². The van der Waals surface area contributed by atoms with Crippen LogP contribution in [0, 0.1) is 0 Å². The standard InChI is InChI=1S/C33H31ClN2O6S/c1-6-41-28-15-21(11-14-26(28)42-18-22-9-7-8-10-25(22)34)16-29-32(38)36-31(24-13-12-23(39-4)17-27(24)40-5)30(20(3)37)19(2)35-33(36)43-29/h7-17,31H,6,18H2,1-5H3/b29-16-/t31-/m0/s1. The fourth-order valence-corrected chi connectivity index (χ4v) is 6.27. The zero-order valence-electron chi connectivity index (χ0n) is 24.5. The van der Waals surface area contributed by atoms with E-state index in [2.05, 4.69) is 4.99 Å². The quantitative estimate of drug-likeness (QED) is 0.234. The third-order valence-corrected chi connectivity index (χ3v) is 8.39. The Kier molecular flexibility index (Phi) is 9.03. The van der Waals surface area contributed by atoms with Crippen LogP contribution in [-0.2, 0) is 11.4 Å². The first-order chi connectivity index (χ1) is 20.7. The van der Waals surface area contributed by atoms with E-state index in [1.807, 2.05) is 55.5 Å².